The van der Waals surface area contributed by atoms with Crippen molar-refractivity contribution in [2.45, 2.75) is 79.1 Å². The largest absolute Gasteiger partial charge is 0.459 e. The first-order valence-corrected chi connectivity index (χ1v) is 21.7. The molecule has 2 amide bonds. The predicted molar refractivity (Wildman–Crippen MR) is 241 cm³/mol. The zero-order valence-electron chi connectivity index (χ0n) is 39.2. The summed E-state index contributed by atoms with van der Waals surface area (Å²) in [5.41, 5.74) is -0.124. The van der Waals surface area contributed by atoms with Crippen molar-refractivity contribution in [2.75, 3.05) is 106 Å². The van der Waals surface area contributed by atoms with Gasteiger partial charge in [0, 0.05) is 23.9 Å². The molecule has 2 aromatic carbocycles. The van der Waals surface area contributed by atoms with Crippen molar-refractivity contribution in [1.29, 1.82) is 0 Å². The maximum absolute atomic E-state index is 13.2. The molecule has 0 bridgehead atoms. The summed E-state index contributed by atoms with van der Waals surface area (Å²) in [7, 11) is 0. The maximum atomic E-state index is 13.2. The van der Waals surface area contributed by atoms with Gasteiger partial charge in [-0.15, -0.1) is 0 Å². The van der Waals surface area contributed by atoms with Crippen LogP contribution in [0.15, 0.2) is 48.5 Å². The quantitative estimate of drug-likeness (QED) is 0.0685. The van der Waals surface area contributed by atoms with Gasteiger partial charge in [-0.05, 0) is 80.5 Å². The molecule has 4 rings (SSSR count). The van der Waals surface area contributed by atoms with Gasteiger partial charge in [0.15, 0.2) is 0 Å². The number of carbonyl (C=O) groups excluding carboxylic acids is 5. The second kappa shape index (κ2) is 24.5. The predicted octanol–water partition coefficient (Wildman–Crippen LogP) is 3.36. The van der Waals surface area contributed by atoms with E-state index in [4.69, 9.17) is 33.4 Å². The van der Waals surface area contributed by atoms with Crippen molar-refractivity contribution in [2.24, 2.45) is 0 Å². The molecule has 0 saturated carbocycles. The monoisotopic (exact) mass is 896 g/mol. The normalized spacial score (nSPS) is 15.1. The average Bonchev–Trinajstić information content (AvgIpc) is 3.15. The number of aromatic nitrogens is 1. The number of nitrogens with one attached hydrogen (secondary N) is 2. The van der Waals surface area contributed by atoms with E-state index in [0.29, 0.717) is 50.7 Å². The number of fused-ring (bicyclic) bond motifs is 2. The fourth-order valence-electron chi connectivity index (χ4n) is 6.76. The molecule has 0 radical (unpaired) electrons. The Morgan fingerprint density at radius 1 is 0.531 bits per heavy atom. The lowest BCUT2D eigenvalue weighted by Crippen LogP contribution is -2.58. The van der Waals surface area contributed by atoms with Gasteiger partial charge in [-0.25, -0.2) is 4.98 Å². The van der Waals surface area contributed by atoms with E-state index in [1.165, 1.54) is 0 Å². The first-order valence-electron chi connectivity index (χ1n) is 21.7. The average molecular weight is 896 g/mol. The molecule has 3 aromatic rings. The van der Waals surface area contributed by atoms with Crippen LogP contribution in [0.2, 0.25) is 0 Å². The molecular weight excluding hydrogens is 827 g/mol. The summed E-state index contributed by atoms with van der Waals surface area (Å²) in [6, 6.07) is 15.4. The van der Waals surface area contributed by atoms with Crippen molar-refractivity contribution in [1.82, 2.24) is 35.2 Å². The van der Waals surface area contributed by atoms with Crippen LogP contribution in [0.3, 0.4) is 0 Å². The molecule has 354 valence electrons. The van der Waals surface area contributed by atoms with E-state index < -0.39 is 34.7 Å². The molecule has 1 fully saturated rings. The first-order chi connectivity index (χ1) is 30.1. The van der Waals surface area contributed by atoms with E-state index in [-0.39, 0.29) is 77.8 Å². The van der Waals surface area contributed by atoms with Crippen LogP contribution < -0.4 is 10.6 Å². The van der Waals surface area contributed by atoms with Gasteiger partial charge in [0.1, 0.15) is 16.8 Å². The lowest BCUT2D eigenvalue weighted by Gasteiger charge is -2.41. The number of hydrogen-bond acceptors (Lipinski definition) is 16. The van der Waals surface area contributed by atoms with Crippen molar-refractivity contribution in [3.8, 4) is 0 Å². The minimum Gasteiger partial charge on any atom is -0.459 e. The molecular formula is C46H69N7O11. The van der Waals surface area contributed by atoms with Crippen LogP contribution >= 0.6 is 0 Å². The van der Waals surface area contributed by atoms with Crippen LogP contribution in [0.5, 0.6) is 0 Å². The number of ether oxygens (including phenoxy) is 6. The van der Waals surface area contributed by atoms with E-state index in [0.717, 1.165) is 16.3 Å². The van der Waals surface area contributed by atoms with Gasteiger partial charge in [0.25, 0.3) is 5.91 Å². The van der Waals surface area contributed by atoms with Gasteiger partial charge in [-0.1, -0.05) is 30.3 Å². The molecule has 2 N–H and O–H groups in total. The van der Waals surface area contributed by atoms with Crippen LogP contribution in [-0.4, -0.2) is 177 Å². The minimum atomic E-state index is -0.709. The maximum Gasteiger partial charge on any atom is 0.320 e. The van der Waals surface area contributed by atoms with E-state index in [1.54, 1.807) is 83.1 Å². The number of amides is 2. The Morgan fingerprint density at radius 2 is 0.953 bits per heavy atom. The highest BCUT2D eigenvalue weighted by Gasteiger charge is 2.31. The molecule has 1 aliphatic rings. The first kappa shape index (κ1) is 51.8. The van der Waals surface area contributed by atoms with Crippen LogP contribution in [0, 0.1) is 0 Å². The summed E-state index contributed by atoms with van der Waals surface area (Å²) < 4.78 is 33.6. The third-order valence-electron chi connectivity index (χ3n) is 8.92. The van der Waals surface area contributed by atoms with Crippen LogP contribution in [-0.2, 0) is 47.6 Å². The third kappa shape index (κ3) is 19.9. The number of para-hydroxylation sites is 2. The second-order valence-corrected chi connectivity index (χ2v) is 18.6. The topological polar surface area (TPSA) is 191 Å². The van der Waals surface area contributed by atoms with Gasteiger partial charge >= 0.3 is 17.9 Å². The van der Waals surface area contributed by atoms with Gasteiger partial charge in [0.2, 0.25) is 5.91 Å². The van der Waals surface area contributed by atoms with E-state index >= 15 is 0 Å². The van der Waals surface area contributed by atoms with Crippen LogP contribution in [0.4, 0.5) is 0 Å². The Morgan fingerprint density at radius 3 is 1.44 bits per heavy atom. The summed E-state index contributed by atoms with van der Waals surface area (Å²) in [5.74, 6) is -1.87. The van der Waals surface area contributed by atoms with Gasteiger partial charge < -0.3 is 39.1 Å². The van der Waals surface area contributed by atoms with E-state index in [1.807, 2.05) is 47.4 Å². The Bertz CT molecular complexity index is 1970. The second-order valence-electron chi connectivity index (χ2n) is 18.6. The number of benzene rings is 2. The fraction of sp³-hybridized carbons (Fsp3) is 0.609. The summed E-state index contributed by atoms with van der Waals surface area (Å²) in [6.45, 7) is 18.8. The van der Waals surface area contributed by atoms with Crippen molar-refractivity contribution in [3.63, 3.8) is 0 Å². The molecule has 0 atom stereocenters. The molecule has 2 heterocycles. The Hall–Kier alpha value is -4.82. The highest BCUT2D eigenvalue weighted by atomic mass is 16.6. The zero-order valence-corrected chi connectivity index (χ0v) is 39.2. The number of esters is 3. The minimum absolute atomic E-state index is 0.0493. The van der Waals surface area contributed by atoms with Gasteiger partial charge in [-0.2, -0.15) is 0 Å². The molecule has 0 spiro atoms. The summed E-state index contributed by atoms with van der Waals surface area (Å²) in [6.07, 6.45) is 0. The summed E-state index contributed by atoms with van der Waals surface area (Å²) in [4.78, 5) is 76.9. The van der Waals surface area contributed by atoms with Crippen molar-refractivity contribution in [3.05, 3.63) is 54.1 Å². The highest BCUT2D eigenvalue weighted by molar-refractivity contribution is 6.07. The van der Waals surface area contributed by atoms with E-state index in [9.17, 15) is 24.0 Å². The molecule has 0 aliphatic carbocycles. The molecule has 1 aromatic heterocycles. The molecule has 1 aliphatic heterocycles. The SMILES string of the molecule is CC(C)(C)OC(=O)CN1CN(CC(=O)NCCOCCOCCOCCNC(=O)c2cccc3cc4ccccc4nc23)CN(CC(=O)OC(C)(C)C)CN(CC(=O)OC(C)(C)C)C1. The lowest BCUT2D eigenvalue weighted by atomic mass is 10.1. The molecule has 1 saturated heterocycles. The fourth-order valence-corrected chi connectivity index (χ4v) is 6.76. The smallest absolute Gasteiger partial charge is 0.320 e. The highest BCUT2D eigenvalue weighted by Crippen LogP contribution is 2.22. The summed E-state index contributed by atoms with van der Waals surface area (Å²) in [5, 5.41) is 7.68. The summed E-state index contributed by atoms with van der Waals surface area (Å²) >= 11 is 0. The van der Waals surface area contributed by atoms with Crippen molar-refractivity contribution < 1.29 is 52.4 Å². The molecule has 18 nitrogen and oxygen atoms in total. The van der Waals surface area contributed by atoms with Crippen LogP contribution in [0.1, 0.15) is 72.7 Å². The Labute approximate surface area is 377 Å². The van der Waals surface area contributed by atoms with E-state index in [2.05, 4.69) is 10.6 Å². The number of pyridine rings is 1. The van der Waals surface area contributed by atoms with Gasteiger partial charge in [-0.3, -0.25) is 43.6 Å². The zero-order chi connectivity index (χ0) is 46.9. The standard InChI is InChI=1S/C46H69N7O11/c1-44(2,3)62-39(55)27-51-30-50(31-52(28-40(56)63-45(4,5)6)33-53(32-51)29-41(57)64-46(7,8)9)26-38(54)47-17-19-59-21-23-61-24-22-60-20-18-48-43(58)36-15-12-14-35-25-34-13-10-11-16-37(34)49-42(35)36/h10-16,25H,17-24,26-33H2,1-9H3,(H,47,54)(H,48,58). The van der Waals surface area contributed by atoms with Crippen LogP contribution in [0.25, 0.3) is 21.8 Å². The number of nitrogens with zero attached hydrogens (tertiary/aromatic N) is 5. The number of rotatable bonds is 21. The third-order valence-corrected chi connectivity index (χ3v) is 8.92. The van der Waals surface area contributed by atoms with Crippen molar-refractivity contribution >= 4 is 51.5 Å². The Balaban J connectivity index is 1.17. The molecule has 0 unspecified atom stereocenters. The number of carbonyl (C=O) groups is 5. The molecule has 64 heavy (non-hydrogen) atoms. The molecule has 18 heteroatoms. The number of hydrogen-bond donors (Lipinski definition) is 2. The lowest BCUT2D eigenvalue weighted by molar-refractivity contribution is -0.162. The van der Waals surface area contributed by atoms with Gasteiger partial charge in [0.05, 0.1) is 109 Å². The Kier molecular flexibility index (Phi) is 19.8.